The average molecular weight is 386 g/mol. The van der Waals surface area contributed by atoms with E-state index in [0.29, 0.717) is 19.5 Å². The Morgan fingerprint density at radius 2 is 2.15 bits per heavy atom. The van der Waals surface area contributed by atoms with Crippen molar-refractivity contribution in [2.45, 2.75) is 52.5 Å². The summed E-state index contributed by atoms with van der Waals surface area (Å²) < 4.78 is 0. The Balaban J connectivity index is 1.67. The van der Waals surface area contributed by atoms with Crippen molar-refractivity contribution in [3.8, 4) is 0 Å². The molecule has 1 aromatic heterocycles. The molecule has 1 aliphatic rings. The summed E-state index contributed by atoms with van der Waals surface area (Å²) in [6, 6.07) is 6.04. The van der Waals surface area contributed by atoms with E-state index in [1.807, 2.05) is 49.3 Å². The summed E-state index contributed by atoms with van der Waals surface area (Å²) in [6.45, 7) is 7.83. The molecule has 1 N–H and O–H groups in total. The van der Waals surface area contributed by atoms with Gasteiger partial charge in [0.25, 0.3) is 5.91 Å². The van der Waals surface area contributed by atoms with E-state index in [2.05, 4.69) is 5.32 Å². The minimum Gasteiger partial charge on any atom is -0.350 e. The van der Waals surface area contributed by atoms with E-state index in [0.717, 1.165) is 46.8 Å². The van der Waals surface area contributed by atoms with Gasteiger partial charge in [0.15, 0.2) is 0 Å². The van der Waals surface area contributed by atoms with Crippen LogP contribution < -0.4 is 5.32 Å². The molecule has 2 heterocycles. The number of hydrogen-bond acceptors (Lipinski definition) is 4. The Kier molecular flexibility index (Phi) is 6.26. The van der Waals surface area contributed by atoms with E-state index in [-0.39, 0.29) is 17.7 Å². The standard InChI is InChI=1S/C21H27N3O2S/c1-4-19(25)22-11-17-13-27-20(23-17)16-6-5-9-24(12-16)21(26)18-10-14(2)7-8-15(18)3/h7-8,10,13,16H,4-6,9,11-12H2,1-3H3,(H,22,25). The van der Waals surface area contributed by atoms with Crippen LogP contribution in [-0.2, 0) is 11.3 Å². The van der Waals surface area contributed by atoms with Gasteiger partial charge in [0, 0.05) is 36.4 Å². The first-order chi connectivity index (χ1) is 13.0. The maximum Gasteiger partial charge on any atom is 0.254 e. The molecule has 0 radical (unpaired) electrons. The zero-order chi connectivity index (χ0) is 19.4. The number of carbonyl (C=O) groups is 2. The largest absolute Gasteiger partial charge is 0.350 e. The predicted octanol–water partition coefficient (Wildman–Crippen LogP) is 3.81. The van der Waals surface area contributed by atoms with Gasteiger partial charge in [0.2, 0.25) is 5.91 Å². The summed E-state index contributed by atoms with van der Waals surface area (Å²) >= 11 is 1.63. The van der Waals surface area contributed by atoms with Crippen molar-refractivity contribution in [2.24, 2.45) is 0 Å². The van der Waals surface area contributed by atoms with E-state index >= 15 is 0 Å². The third-order valence-corrected chi connectivity index (χ3v) is 6.09. The molecule has 6 heteroatoms. The highest BCUT2D eigenvalue weighted by atomic mass is 32.1. The van der Waals surface area contributed by atoms with Crippen LogP contribution in [0.4, 0.5) is 0 Å². The first kappa shape index (κ1) is 19.5. The number of hydrogen-bond donors (Lipinski definition) is 1. The van der Waals surface area contributed by atoms with Crippen LogP contribution in [0.3, 0.4) is 0 Å². The van der Waals surface area contributed by atoms with E-state index in [1.165, 1.54) is 0 Å². The second kappa shape index (κ2) is 8.65. The topological polar surface area (TPSA) is 62.3 Å². The van der Waals surface area contributed by atoms with Crippen molar-refractivity contribution >= 4 is 23.2 Å². The lowest BCUT2D eigenvalue weighted by Crippen LogP contribution is -2.39. The van der Waals surface area contributed by atoms with Crippen molar-refractivity contribution in [1.82, 2.24) is 15.2 Å². The first-order valence-electron chi connectivity index (χ1n) is 9.55. The van der Waals surface area contributed by atoms with Crippen LogP contribution in [0, 0.1) is 13.8 Å². The van der Waals surface area contributed by atoms with Crippen LogP contribution in [0.15, 0.2) is 23.6 Å². The second-order valence-corrected chi connectivity index (χ2v) is 8.11. The lowest BCUT2D eigenvalue weighted by Gasteiger charge is -2.32. The third-order valence-electron chi connectivity index (χ3n) is 5.04. The van der Waals surface area contributed by atoms with Gasteiger partial charge in [-0.25, -0.2) is 4.98 Å². The maximum atomic E-state index is 13.0. The molecule has 1 atom stereocenters. The molecule has 5 nitrogen and oxygen atoms in total. The minimum atomic E-state index is 0.0347. The Morgan fingerprint density at radius 1 is 1.33 bits per heavy atom. The Morgan fingerprint density at radius 3 is 2.93 bits per heavy atom. The number of amides is 2. The summed E-state index contributed by atoms with van der Waals surface area (Å²) in [6.07, 6.45) is 2.52. The fourth-order valence-electron chi connectivity index (χ4n) is 3.41. The zero-order valence-electron chi connectivity index (χ0n) is 16.2. The van der Waals surface area contributed by atoms with Gasteiger partial charge in [-0.2, -0.15) is 0 Å². The van der Waals surface area contributed by atoms with Crippen LogP contribution in [-0.4, -0.2) is 34.8 Å². The fraction of sp³-hybridized carbons (Fsp3) is 0.476. The Hall–Kier alpha value is -2.21. The van der Waals surface area contributed by atoms with Gasteiger partial charge in [-0.15, -0.1) is 11.3 Å². The predicted molar refractivity (Wildman–Crippen MR) is 108 cm³/mol. The van der Waals surface area contributed by atoms with E-state index in [4.69, 9.17) is 4.98 Å². The van der Waals surface area contributed by atoms with Crippen molar-refractivity contribution < 1.29 is 9.59 Å². The van der Waals surface area contributed by atoms with Crippen LogP contribution >= 0.6 is 11.3 Å². The molecule has 0 spiro atoms. The molecule has 3 rings (SSSR count). The maximum absolute atomic E-state index is 13.0. The molecule has 1 aromatic carbocycles. The molecule has 1 fully saturated rings. The first-order valence-corrected chi connectivity index (χ1v) is 10.4. The molecule has 27 heavy (non-hydrogen) atoms. The molecule has 0 bridgehead atoms. The van der Waals surface area contributed by atoms with Gasteiger partial charge in [-0.1, -0.05) is 24.6 Å². The molecule has 0 saturated carbocycles. The fourth-order valence-corrected chi connectivity index (χ4v) is 4.35. The number of nitrogens with one attached hydrogen (secondary N) is 1. The van der Waals surface area contributed by atoms with Crippen LogP contribution in [0.2, 0.25) is 0 Å². The molecule has 1 aliphatic heterocycles. The Bertz CT molecular complexity index is 831. The number of likely N-dealkylation sites (tertiary alicyclic amines) is 1. The smallest absolute Gasteiger partial charge is 0.254 e. The zero-order valence-corrected chi connectivity index (χ0v) is 17.1. The molecule has 2 aromatic rings. The van der Waals surface area contributed by atoms with E-state index < -0.39 is 0 Å². The van der Waals surface area contributed by atoms with Gasteiger partial charge in [-0.3, -0.25) is 9.59 Å². The Labute approximate surface area is 164 Å². The molecular weight excluding hydrogens is 358 g/mol. The van der Waals surface area contributed by atoms with Gasteiger partial charge < -0.3 is 10.2 Å². The highest BCUT2D eigenvalue weighted by Gasteiger charge is 2.28. The van der Waals surface area contributed by atoms with Gasteiger partial charge in [0.1, 0.15) is 0 Å². The summed E-state index contributed by atoms with van der Waals surface area (Å²) in [5, 5.41) is 5.94. The molecule has 1 saturated heterocycles. The molecule has 144 valence electrons. The highest BCUT2D eigenvalue weighted by Crippen LogP contribution is 2.30. The van der Waals surface area contributed by atoms with E-state index in [9.17, 15) is 9.59 Å². The number of aromatic nitrogens is 1. The summed E-state index contributed by atoms with van der Waals surface area (Å²) in [5.41, 5.74) is 3.83. The van der Waals surface area contributed by atoms with Crippen molar-refractivity contribution in [3.63, 3.8) is 0 Å². The number of benzene rings is 1. The number of nitrogens with zero attached hydrogens (tertiary/aromatic N) is 2. The number of aryl methyl sites for hydroxylation is 2. The molecule has 2 amide bonds. The lowest BCUT2D eigenvalue weighted by atomic mass is 9.97. The average Bonchev–Trinajstić information content (AvgIpc) is 3.16. The van der Waals surface area contributed by atoms with Gasteiger partial charge >= 0.3 is 0 Å². The van der Waals surface area contributed by atoms with Crippen molar-refractivity contribution in [3.05, 3.63) is 51.0 Å². The van der Waals surface area contributed by atoms with Crippen LogP contribution in [0.1, 0.15) is 64.3 Å². The summed E-state index contributed by atoms with van der Waals surface area (Å²) in [7, 11) is 0. The minimum absolute atomic E-state index is 0.0347. The second-order valence-electron chi connectivity index (χ2n) is 7.22. The van der Waals surface area contributed by atoms with E-state index in [1.54, 1.807) is 11.3 Å². The molecule has 1 unspecified atom stereocenters. The van der Waals surface area contributed by atoms with Crippen LogP contribution in [0.25, 0.3) is 0 Å². The number of rotatable bonds is 5. The van der Waals surface area contributed by atoms with Crippen molar-refractivity contribution in [2.75, 3.05) is 13.1 Å². The molecule has 0 aliphatic carbocycles. The monoisotopic (exact) mass is 385 g/mol. The quantitative estimate of drug-likeness (QED) is 0.851. The van der Waals surface area contributed by atoms with Crippen LogP contribution in [0.5, 0.6) is 0 Å². The number of carbonyl (C=O) groups excluding carboxylic acids is 2. The summed E-state index contributed by atoms with van der Waals surface area (Å²) in [4.78, 5) is 31.1. The normalized spacial score (nSPS) is 17.0. The number of piperidine rings is 1. The van der Waals surface area contributed by atoms with Gasteiger partial charge in [0.05, 0.1) is 17.2 Å². The van der Waals surface area contributed by atoms with Gasteiger partial charge in [-0.05, 0) is 38.3 Å². The molecular formula is C21H27N3O2S. The SMILES string of the molecule is CCC(=O)NCc1csc(C2CCCN(C(=O)c3cc(C)ccc3C)C2)n1. The number of thiazole rings is 1. The van der Waals surface area contributed by atoms with Crippen molar-refractivity contribution in [1.29, 1.82) is 0 Å². The lowest BCUT2D eigenvalue weighted by molar-refractivity contribution is -0.120. The summed E-state index contributed by atoms with van der Waals surface area (Å²) in [5.74, 6) is 0.425. The third kappa shape index (κ3) is 4.75. The highest BCUT2D eigenvalue weighted by molar-refractivity contribution is 7.09.